The molecule has 1 atom stereocenters. The van der Waals surface area contributed by atoms with Gasteiger partial charge in [0.15, 0.2) is 0 Å². The van der Waals surface area contributed by atoms with Crippen molar-refractivity contribution in [2.45, 2.75) is 25.2 Å². The number of anilines is 1. The molecule has 3 aromatic rings. The molecule has 4 heterocycles. The zero-order valence-electron chi connectivity index (χ0n) is 15.8. The van der Waals surface area contributed by atoms with Gasteiger partial charge in [-0.3, -0.25) is 10.00 Å². The Bertz CT molecular complexity index is 1100. The van der Waals surface area contributed by atoms with Crippen LogP contribution in [0.4, 0.5) is 23.7 Å². The third-order valence-electron chi connectivity index (χ3n) is 5.58. The Morgan fingerprint density at radius 3 is 2.87 bits per heavy atom. The van der Waals surface area contributed by atoms with Crippen LogP contribution in [0.3, 0.4) is 0 Å². The molecular formula is C19H18F3N7O. The molecule has 1 aromatic carbocycles. The van der Waals surface area contributed by atoms with Crippen LogP contribution in [0.5, 0.6) is 0 Å². The fraction of sp³-hybridized carbons (Fsp3) is 0.368. The summed E-state index contributed by atoms with van der Waals surface area (Å²) in [6.07, 6.45) is -0.516. The molecule has 0 aliphatic carbocycles. The summed E-state index contributed by atoms with van der Waals surface area (Å²) in [5.41, 5.74) is 3.87. The van der Waals surface area contributed by atoms with E-state index >= 15 is 0 Å². The topological polar surface area (TPSA) is 90.0 Å². The smallest absolute Gasteiger partial charge is 0.316 e. The van der Waals surface area contributed by atoms with Gasteiger partial charge in [-0.2, -0.15) is 28.5 Å². The quantitative estimate of drug-likeness (QED) is 0.684. The number of aromatic nitrogens is 4. The molecule has 11 heteroatoms. The fourth-order valence-electron chi connectivity index (χ4n) is 4.21. The van der Waals surface area contributed by atoms with Crippen molar-refractivity contribution in [3.05, 3.63) is 36.2 Å². The van der Waals surface area contributed by atoms with Gasteiger partial charge in [0.1, 0.15) is 5.69 Å². The zero-order chi connectivity index (χ0) is 20.9. The van der Waals surface area contributed by atoms with Crippen LogP contribution in [-0.2, 0) is 6.54 Å². The normalized spacial score (nSPS) is 19.9. The van der Waals surface area contributed by atoms with Crippen molar-refractivity contribution in [3.63, 3.8) is 0 Å². The lowest BCUT2D eigenvalue weighted by Crippen LogP contribution is -2.46. The molecule has 1 unspecified atom stereocenters. The number of nitrogens with zero attached hydrogens (tertiary/aromatic N) is 5. The number of aromatic amines is 1. The lowest BCUT2D eigenvalue weighted by molar-refractivity contribution is -0.143. The maximum absolute atomic E-state index is 12.7. The van der Waals surface area contributed by atoms with Crippen molar-refractivity contribution in [3.8, 4) is 11.3 Å². The number of carbonyl (C=O) groups excluding carboxylic acids is 1. The third kappa shape index (κ3) is 3.45. The Morgan fingerprint density at radius 2 is 2.10 bits per heavy atom. The summed E-state index contributed by atoms with van der Waals surface area (Å²) in [6.45, 7) is -0.0831. The van der Waals surface area contributed by atoms with Crippen molar-refractivity contribution in [2.75, 3.05) is 25.0 Å². The highest BCUT2D eigenvalue weighted by Crippen LogP contribution is 2.34. The second-order valence-corrected chi connectivity index (χ2v) is 7.61. The number of halogens is 3. The first-order valence-electron chi connectivity index (χ1n) is 9.52. The van der Waals surface area contributed by atoms with Gasteiger partial charge in [-0.15, -0.1) is 0 Å². The Kier molecular flexibility index (Phi) is 4.35. The molecule has 2 aliphatic heterocycles. The van der Waals surface area contributed by atoms with Crippen LogP contribution in [0.1, 0.15) is 12.0 Å². The lowest BCUT2D eigenvalue weighted by atomic mass is 10.0. The number of hydrogen-bond donors (Lipinski definition) is 2. The molecular weight excluding hydrogens is 399 g/mol. The van der Waals surface area contributed by atoms with E-state index in [1.807, 2.05) is 18.2 Å². The standard InChI is InChI=1S/C19H18F3N7O/c20-19(21,22)10-28-4-2-13(9-28)29-8-12-5-14-16(6-15(12)25-18(29)30)26-27-17(14)11-1-3-23-24-7-11/h1,3,5-7,13H,2,4,8-10H2,(H,25,30)(H,26,27). The maximum Gasteiger partial charge on any atom is 0.401 e. The molecule has 1 saturated heterocycles. The van der Waals surface area contributed by atoms with E-state index in [1.54, 1.807) is 17.3 Å². The highest BCUT2D eigenvalue weighted by molar-refractivity contribution is 6.00. The number of nitrogens with one attached hydrogen (secondary N) is 2. The summed E-state index contributed by atoms with van der Waals surface area (Å²) in [5.74, 6) is 0. The van der Waals surface area contributed by atoms with Gasteiger partial charge < -0.3 is 10.2 Å². The summed E-state index contributed by atoms with van der Waals surface area (Å²) in [4.78, 5) is 15.6. The molecule has 1 fully saturated rings. The molecule has 0 bridgehead atoms. The van der Waals surface area contributed by atoms with Crippen molar-refractivity contribution in [2.24, 2.45) is 0 Å². The number of fused-ring (bicyclic) bond motifs is 2. The van der Waals surface area contributed by atoms with Crippen molar-refractivity contribution in [1.29, 1.82) is 0 Å². The number of likely N-dealkylation sites (tertiary alicyclic amines) is 1. The number of urea groups is 1. The van der Waals surface area contributed by atoms with E-state index in [0.29, 0.717) is 25.2 Å². The van der Waals surface area contributed by atoms with Crippen LogP contribution < -0.4 is 5.32 Å². The predicted octanol–water partition coefficient (Wildman–Crippen LogP) is 3.00. The van der Waals surface area contributed by atoms with Crippen LogP contribution in [0.25, 0.3) is 22.2 Å². The van der Waals surface area contributed by atoms with Gasteiger partial charge >= 0.3 is 12.2 Å². The molecule has 30 heavy (non-hydrogen) atoms. The van der Waals surface area contributed by atoms with Gasteiger partial charge in [0.2, 0.25) is 0 Å². The molecule has 0 radical (unpaired) electrons. The van der Waals surface area contributed by atoms with Crippen LogP contribution in [-0.4, -0.2) is 68.1 Å². The van der Waals surface area contributed by atoms with Crippen LogP contribution in [0.2, 0.25) is 0 Å². The van der Waals surface area contributed by atoms with Gasteiger partial charge in [0.05, 0.1) is 24.5 Å². The van der Waals surface area contributed by atoms with E-state index < -0.39 is 12.7 Å². The van der Waals surface area contributed by atoms with Crippen molar-refractivity contribution < 1.29 is 18.0 Å². The molecule has 156 valence electrons. The fourth-order valence-corrected chi connectivity index (χ4v) is 4.21. The highest BCUT2D eigenvalue weighted by Gasteiger charge is 2.38. The SMILES string of the molecule is O=C1Nc2cc3[nH]nc(-c4ccnnc4)c3cc2CN1C1CCN(CC(F)(F)F)C1. The first-order valence-corrected chi connectivity index (χ1v) is 9.52. The molecule has 2 amide bonds. The Balaban J connectivity index is 1.42. The minimum absolute atomic E-state index is 0.212. The highest BCUT2D eigenvalue weighted by atomic mass is 19.4. The average molecular weight is 417 g/mol. The van der Waals surface area contributed by atoms with Crippen LogP contribution in [0.15, 0.2) is 30.6 Å². The first-order chi connectivity index (χ1) is 14.4. The van der Waals surface area contributed by atoms with Crippen molar-refractivity contribution in [1.82, 2.24) is 30.2 Å². The maximum atomic E-state index is 12.7. The second kappa shape index (κ2) is 6.94. The lowest BCUT2D eigenvalue weighted by Gasteiger charge is -2.34. The van der Waals surface area contributed by atoms with Gasteiger partial charge in [-0.1, -0.05) is 0 Å². The first kappa shape index (κ1) is 18.8. The number of alkyl halides is 3. The summed E-state index contributed by atoms with van der Waals surface area (Å²) in [6, 6.07) is 5.04. The number of amides is 2. The molecule has 0 saturated carbocycles. The molecule has 2 aromatic heterocycles. The third-order valence-corrected chi connectivity index (χ3v) is 5.58. The summed E-state index contributed by atoms with van der Waals surface area (Å²) in [7, 11) is 0. The molecule has 0 spiro atoms. The van der Waals surface area contributed by atoms with Gasteiger partial charge in [-0.25, -0.2) is 4.79 Å². The van der Waals surface area contributed by atoms with Crippen molar-refractivity contribution >= 4 is 22.6 Å². The van der Waals surface area contributed by atoms with E-state index in [0.717, 1.165) is 27.7 Å². The van der Waals surface area contributed by atoms with Gasteiger partial charge in [-0.05, 0) is 30.2 Å². The van der Waals surface area contributed by atoms with E-state index in [1.165, 1.54) is 4.90 Å². The number of benzene rings is 1. The van der Waals surface area contributed by atoms with Crippen LogP contribution >= 0.6 is 0 Å². The average Bonchev–Trinajstić information content (AvgIpc) is 3.32. The molecule has 2 aliphatic rings. The minimum Gasteiger partial charge on any atom is -0.316 e. The summed E-state index contributed by atoms with van der Waals surface area (Å²) >= 11 is 0. The zero-order valence-corrected chi connectivity index (χ0v) is 15.8. The summed E-state index contributed by atoms with van der Waals surface area (Å²) in [5, 5.41) is 18.7. The summed E-state index contributed by atoms with van der Waals surface area (Å²) < 4.78 is 38.1. The van der Waals surface area contributed by atoms with E-state index in [-0.39, 0.29) is 18.6 Å². The van der Waals surface area contributed by atoms with Crippen LogP contribution in [0, 0.1) is 0 Å². The van der Waals surface area contributed by atoms with Gasteiger partial charge in [0.25, 0.3) is 0 Å². The van der Waals surface area contributed by atoms with E-state index in [4.69, 9.17) is 0 Å². The number of H-pyrrole nitrogens is 1. The number of rotatable bonds is 3. The monoisotopic (exact) mass is 417 g/mol. The Labute approximate surface area is 169 Å². The molecule has 5 rings (SSSR count). The van der Waals surface area contributed by atoms with E-state index in [2.05, 4.69) is 25.7 Å². The number of hydrogen-bond acceptors (Lipinski definition) is 5. The molecule has 2 N–H and O–H groups in total. The Morgan fingerprint density at radius 1 is 1.23 bits per heavy atom. The largest absolute Gasteiger partial charge is 0.401 e. The number of carbonyl (C=O) groups is 1. The predicted molar refractivity (Wildman–Crippen MR) is 103 cm³/mol. The van der Waals surface area contributed by atoms with E-state index in [9.17, 15) is 18.0 Å². The minimum atomic E-state index is -4.24. The Hall–Kier alpha value is -3.21. The van der Waals surface area contributed by atoms with Gasteiger partial charge in [0, 0.05) is 42.3 Å². The second-order valence-electron chi connectivity index (χ2n) is 7.61. The molecule has 8 nitrogen and oxygen atoms in total.